The van der Waals surface area contributed by atoms with Gasteiger partial charge in [0.1, 0.15) is 0 Å². The molecular formula is C13H17N3. The zero-order valence-electron chi connectivity index (χ0n) is 9.80. The third-order valence-electron chi connectivity index (χ3n) is 3.16. The van der Waals surface area contributed by atoms with Gasteiger partial charge >= 0.3 is 0 Å². The molecule has 16 heavy (non-hydrogen) atoms. The second kappa shape index (κ2) is 4.15. The Kier molecular flexibility index (Phi) is 2.84. The van der Waals surface area contributed by atoms with Gasteiger partial charge in [0.05, 0.1) is 11.6 Å². The molecule has 0 aliphatic carbocycles. The Balaban J connectivity index is 2.16. The Morgan fingerprint density at radius 2 is 2.31 bits per heavy atom. The molecule has 1 saturated heterocycles. The Bertz CT molecular complexity index is 425. The highest BCUT2D eigenvalue weighted by atomic mass is 15.1. The van der Waals surface area contributed by atoms with Gasteiger partial charge in [0.15, 0.2) is 0 Å². The monoisotopic (exact) mass is 215 g/mol. The summed E-state index contributed by atoms with van der Waals surface area (Å²) in [5.74, 6) is 0. The maximum Gasteiger partial charge on any atom is 0.0994 e. The summed E-state index contributed by atoms with van der Waals surface area (Å²) in [4.78, 5) is 0. The van der Waals surface area contributed by atoms with Crippen molar-refractivity contribution in [1.29, 1.82) is 5.26 Å². The molecule has 0 spiro atoms. The first-order valence-electron chi connectivity index (χ1n) is 5.63. The molecule has 84 valence electrons. The summed E-state index contributed by atoms with van der Waals surface area (Å²) in [6, 6.07) is 8.09. The van der Waals surface area contributed by atoms with Crippen LogP contribution in [0.1, 0.15) is 24.5 Å². The molecule has 1 heterocycles. The van der Waals surface area contributed by atoms with Crippen LogP contribution in [0.2, 0.25) is 0 Å². The van der Waals surface area contributed by atoms with E-state index in [0.717, 1.165) is 36.3 Å². The van der Waals surface area contributed by atoms with Crippen LogP contribution in [0.25, 0.3) is 0 Å². The third kappa shape index (κ3) is 2.17. The summed E-state index contributed by atoms with van der Waals surface area (Å²) in [5, 5.41) is 15.8. The molecule has 1 unspecified atom stereocenters. The third-order valence-corrected chi connectivity index (χ3v) is 3.16. The van der Waals surface area contributed by atoms with Crippen molar-refractivity contribution in [1.82, 2.24) is 5.32 Å². The smallest absolute Gasteiger partial charge is 0.0994 e. The lowest BCUT2D eigenvalue weighted by molar-refractivity contribution is 0.567. The maximum atomic E-state index is 8.86. The Morgan fingerprint density at radius 1 is 1.50 bits per heavy atom. The average Bonchev–Trinajstić information content (AvgIpc) is 2.65. The molecule has 0 bridgehead atoms. The second-order valence-corrected chi connectivity index (χ2v) is 4.75. The predicted molar refractivity (Wildman–Crippen MR) is 65.4 cm³/mol. The number of nitrogens with one attached hydrogen (secondary N) is 2. The summed E-state index contributed by atoms with van der Waals surface area (Å²) >= 11 is 0. The summed E-state index contributed by atoms with van der Waals surface area (Å²) in [6.07, 6.45) is 1.13. The topological polar surface area (TPSA) is 47.8 Å². The van der Waals surface area contributed by atoms with Gasteiger partial charge in [-0.2, -0.15) is 5.26 Å². The van der Waals surface area contributed by atoms with Crippen molar-refractivity contribution in [3.63, 3.8) is 0 Å². The van der Waals surface area contributed by atoms with Crippen LogP contribution in [-0.2, 0) is 0 Å². The van der Waals surface area contributed by atoms with Crippen LogP contribution in [0.5, 0.6) is 0 Å². The summed E-state index contributed by atoms with van der Waals surface area (Å²) in [5.41, 5.74) is 3.02. The van der Waals surface area contributed by atoms with Crippen LogP contribution < -0.4 is 10.6 Å². The molecule has 1 aromatic rings. The van der Waals surface area contributed by atoms with Crippen molar-refractivity contribution >= 4 is 5.69 Å². The summed E-state index contributed by atoms with van der Waals surface area (Å²) in [7, 11) is 0. The van der Waals surface area contributed by atoms with Gasteiger partial charge in [-0.15, -0.1) is 0 Å². The van der Waals surface area contributed by atoms with E-state index in [9.17, 15) is 0 Å². The molecule has 2 rings (SSSR count). The second-order valence-electron chi connectivity index (χ2n) is 4.75. The highest BCUT2D eigenvalue weighted by molar-refractivity contribution is 5.53. The van der Waals surface area contributed by atoms with E-state index in [1.807, 2.05) is 25.1 Å². The lowest BCUT2D eigenvalue weighted by Crippen LogP contribution is -2.36. The highest BCUT2D eigenvalue weighted by Gasteiger charge is 2.27. The van der Waals surface area contributed by atoms with Crippen LogP contribution in [0, 0.1) is 18.3 Å². The fourth-order valence-electron chi connectivity index (χ4n) is 2.14. The Labute approximate surface area is 96.5 Å². The van der Waals surface area contributed by atoms with Crippen molar-refractivity contribution in [2.75, 3.05) is 18.4 Å². The molecule has 0 aromatic heterocycles. The van der Waals surface area contributed by atoms with E-state index >= 15 is 0 Å². The number of nitrogens with zero attached hydrogens (tertiary/aromatic N) is 1. The lowest BCUT2D eigenvalue weighted by atomic mass is 10.0. The quantitative estimate of drug-likeness (QED) is 0.793. The number of benzene rings is 1. The van der Waals surface area contributed by atoms with Crippen LogP contribution >= 0.6 is 0 Å². The highest BCUT2D eigenvalue weighted by Crippen LogP contribution is 2.22. The van der Waals surface area contributed by atoms with Gasteiger partial charge in [-0.05, 0) is 50.6 Å². The van der Waals surface area contributed by atoms with E-state index in [1.54, 1.807) is 0 Å². The van der Waals surface area contributed by atoms with Gasteiger partial charge in [0.25, 0.3) is 0 Å². The van der Waals surface area contributed by atoms with Crippen LogP contribution in [0.15, 0.2) is 18.2 Å². The van der Waals surface area contributed by atoms with E-state index < -0.39 is 0 Å². The lowest BCUT2D eigenvalue weighted by Gasteiger charge is -2.26. The van der Waals surface area contributed by atoms with Crippen LogP contribution in [0.3, 0.4) is 0 Å². The van der Waals surface area contributed by atoms with Crippen molar-refractivity contribution in [2.45, 2.75) is 25.8 Å². The fourth-order valence-corrected chi connectivity index (χ4v) is 2.14. The number of aryl methyl sites for hydroxylation is 1. The standard InChI is InChI=1S/C13H17N3/c1-10-7-12(4-3-11(10)8-14)16-13(2)5-6-15-9-13/h3-4,7,15-16H,5-6,9H2,1-2H3. The van der Waals surface area contributed by atoms with Gasteiger partial charge < -0.3 is 10.6 Å². The largest absolute Gasteiger partial charge is 0.379 e. The van der Waals surface area contributed by atoms with E-state index in [-0.39, 0.29) is 5.54 Å². The number of nitriles is 1. The van der Waals surface area contributed by atoms with E-state index in [4.69, 9.17) is 5.26 Å². The number of hydrogen-bond acceptors (Lipinski definition) is 3. The first kappa shape index (κ1) is 11.0. The minimum atomic E-state index is 0.139. The van der Waals surface area contributed by atoms with Gasteiger partial charge in [0, 0.05) is 17.8 Å². The Hall–Kier alpha value is -1.53. The van der Waals surface area contributed by atoms with Crippen LogP contribution in [-0.4, -0.2) is 18.6 Å². The first-order valence-corrected chi connectivity index (χ1v) is 5.63. The summed E-state index contributed by atoms with van der Waals surface area (Å²) < 4.78 is 0. The molecule has 1 aliphatic rings. The number of hydrogen-bond donors (Lipinski definition) is 2. The van der Waals surface area contributed by atoms with Crippen molar-refractivity contribution < 1.29 is 0 Å². The molecule has 2 N–H and O–H groups in total. The first-order chi connectivity index (χ1) is 7.63. The predicted octanol–water partition coefficient (Wildman–Crippen LogP) is 2.03. The maximum absolute atomic E-state index is 8.86. The molecular weight excluding hydrogens is 198 g/mol. The average molecular weight is 215 g/mol. The zero-order chi connectivity index (χ0) is 11.6. The normalized spacial score (nSPS) is 24.1. The van der Waals surface area contributed by atoms with Crippen molar-refractivity contribution in [3.8, 4) is 6.07 Å². The minimum Gasteiger partial charge on any atom is -0.379 e. The molecule has 1 atom stereocenters. The fraction of sp³-hybridized carbons (Fsp3) is 0.462. The molecule has 0 saturated carbocycles. The number of anilines is 1. The van der Waals surface area contributed by atoms with Gasteiger partial charge in [-0.1, -0.05) is 0 Å². The minimum absolute atomic E-state index is 0.139. The van der Waals surface area contributed by atoms with Gasteiger partial charge in [-0.25, -0.2) is 0 Å². The molecule has 3 nitrogen and oxygen atoms in total. The van der Waals surface area contributed by atoms with Gasteiger partial charge in [-0.3, -0.25) is 0 Å². The van der Waals surface area contributed by atoms with Gasteiger partial charge in [0.2, 0.25) is 0 Å². The molecule has 1 fully saturated rings. The molecule has 0 amide bonds. The number of rotatable bonds is 2. The molecule has 0 radical (unpaired) electrons. The van der Waals surface area contributed by atoms with Crippen LogP contribution in [0.4, 0.5) is 5.69 Å². The van der Waals surface area contributed by atoms with E-state index in [1.165, 1.54) is 0 Å². The van der Waals surface area contributed by atoms with Crippen molar-refractivity contribution in [3.05, 3.63) is 29.3 Å². The molecule has 1 aromatic carbocycles. The molecule has 3 heteroatoms. The Morgan fingerprint density at radius 3 is 2.88 bits per heavy atom. The van der Waals surface area contributed by atoms with E-state index in [2.05, 4.69) is 23.6 Å². The summed E-state index contributed by atoms with van der Waals surface area (Å²) in [6.45, 7) is 6.25. The zero-order valence-corrected chi connectivity index (χ0v) is 9.80. The molecule has 1 aliphatic heterocycles. The SMILES string of the molecule is Cc1cc(NC2(C)CCNC2)ccc1C#N. The van der Waals surface area contributed by atoms with Crippen molar-refractivity contribution in [2.24, 2.45) is 0 Å². The van der Waals surface area contributed by atoms with E-state index in [0.29, 0.717) is 0 Å².